The highest BCUT2D eigenvalue weighted by Gasteiger charge is 2.36. The Morgan fingerprint density at radius 3 is 2.67 bits per heavy atom. The number of thiazole rings is 1. The monoisotopic (exact) mass is 290 g/mol. The molecule has 1 fully saturated rings. The zero-order valence-electron chi connectivity index (χ0n) is 9.84. The lowest BCUT2D eigenvalue weighted by Crippen LogP contribution is -2.43. The Balaban J connectivity index is 2.31. The van der Waals surface area contributed by atoms with Crippen LogP contribution in [-0.4, -0.2) is 30.0 Å². The molecule has 0 radical (unpaired) electrons. The van der Waals surface area contributed by atoms with Crippen molar-refractivity contribution >= 4 is 27.3 Å². The molecule has 2 N–H and O–H groups in total. The Kier molecular flexibility index (Phi) is 3.43. The summed E-state index contributed by atoms with van der Waals surface area (Å²) >= 11 is 0.824. The molecule has 0 atom stereocenters. The van der Waals surface area contributed by atoms with Crippen molar-refractivity contribution in [3.8, 4) is 0 Å². The summed E-state index contributed by atoms with van der Waals surface area (Å²) in [7, 11) is -3.81. The number of rotatable bonds is 4. The molecule has 1 saturated carbocycles. The average Bonchev–Trinajstić information content (AvgIpc) is 2.85. The molecule has 1 heterocycles. The van der Waals surface area contributed by atoms with Crippen molar-refractivity contribution in [2.75, 3.05) is 0 Å². The second-order valence-electron chi connectivity index (χ2n) is 4.67. The average molecular weight is 290 g/mol. The quantitative estimate of drug-likeness (QED) is 0.875. The Labute approximate surface area is 109 Å². The van der Waals surface area contributed by atoms with Crippen LogP contribution in [0.5, 0.6) is 0 Å². The van der Waals surface area contributed by atoms with E-state index in [-0.39, 0.29) is 4.21 Å². The van der Waals surface area contributed by atoms with Crippen molar-refractivity contribution in [3.05, 3.63) is 11.2 Å². The normalized spacial score (nSPS) is 18.9. The van der Waals surface area contributed by atoms with E-state index in [1.807, 2.05) is 6.92 Å². The van der Waals surface area contributed by atoms with Crippen LogP contribution >= 0.6 is 11.3 Å². The lowest BCUT2D eigenvalue weighted by molar-refractivity contribution is 0.0687. The van der Waals surface area contributed by atoms with Crippen LogP contribution in [0.3, 0.4) is 0 Å². The van der Waals surface area contributed by atoms with E-state index in [4.69, 9.17) is 5.11 Å². The molecule has 1 aliphatic carbocycles. The number of sulfonamides is 1. The van der Waals surface area contributed by atoms with E-state index in [0.29, 0.717) is 0 Å². The molecule has 0 aliphatic heterocycles. The number of hydrogen-bond donors (Lipinski definition) is 2. The first kappa shape index (κ1) is 13.4. The molecule has 8 heteroatoms. The SMILES string of the molecule is CC1(NS(=O)(=O)c2scnc2C(=O)O)CCCC1. The standard InChI is InChI=1S/C10H14N2O4S2/c1-10(4-2-3-5-10)12-18(15,16)9-7(8(13)14)11-6-17-9/h6,12H,2-5H2,1H3,(H,13,14). The van der Waals surface area contributed by atoms with Crippen molar-refractivity contribution in [2.24, 2.45) is 0 Å². The first-order chi connectivity index (χ1) is 8.34. The van der Waals surface area contributed by atoms with Gasteiger partial charge in [0.05, 0.1) is 5.51 Å². The van der Waals surface area contributed by atoms with Crippen LogP contribution in [0, 0.1) is 0 Å². The highest BCUT2D eigenvalue weighted by molar-refractivity contribution is 7.91. The lowest BCUT2D eigenvalue weighted by atomic mass is 10.0. The minimum Gasteiger partial charge on any atom is -0.476 e. The van der Waals surface area contributed by atoms with Crippen LogP contribution in [0.15, 0.2) is 9.72 Å². The molecular formula is C10H14N2O4S2. The van der Waals surface area contributed by atoms with Gasteiger partial charge in [-0.3, -0.25) is 0 Å². The van der Waals surface area contributed by atoms with E-state index < -0.39 is 27.2 Å². The highest BCUT2D eigenvalue weighted by atomic mass is 32.2. The van der Waals surface area contributed by atoms with Crippen LogP contribution in [0.1, 0.15) is 43.1 Å². The third-order valence-corrected chi connectivity index (χ3v) is 6.08. The fourth-order valence-corrected chi connectivity index (χ4v) is 4.80. The highest BCUT2D eigenvalue weighted by Crippen LogP contribution is 2.31. The molecule has 1 aliphatic rings. The number of aromatic nitrogens is 1. The summed E-state index contributed by atoms with van der Waals surface area (Å²) in [6.45, 7) is 1.85. The Hall–Kier alpha value is -0.990. The predicted octanol–water partition coefficient (Wildman–Crippen LogP) is 1.45. The predicted molar refractivity (Wildman–Crippen MR) is 66.3 cm³/mol. The zero-order chi connectivity index (χ0) is 13.4. The van der Waals surface area contributed by atoms with Crippen molar-refractivity contribution in [1.29, 1.82) is 0 Å². The van der Waals surface area contributed by atoms with Gasteiger partial charge in [-0.2, -0.15) is 0 Å². The summed E-state index contributed by atoms with van der Waals surface area (Å²) in [5.74, 6) is -1.33. The summed E-state index contributed by atoms with van der Waals surface area (Å²) in [5, 5.41) is 8.89. The lowest BCUT2D eigenvalue weighted by Gasteiger charge is -2.24. The molecule has 2 rings (SSSR count). The Morgan fingerprint density at radius 1 is 1.50 bits per heavy atom. The molecule has 18 heavy (non-hydrogen) atoms. The topological polar surface area (TPSA) is 96.4 Å². The van der Waals surface area contributed by atoms with Gasteiger partial charge in [0.1, 0.15) is 0 Å². The van der Waals surface area contributed by atoms with E-state index in [1.54, 1.807) is 0 Å². The van der Waals surface area contributed by atoms with E-state index in [9.17, 15) is 13.2 Å². The Morgan fingerprint density at radius 2 is 2.11 bits per heavy atom. The molecule has 100 valence electrons. The smallest absolute Gasteiger partial charge is 0.356 e. The molecule has 0 spiro atoms. The number of hydrogen-bond acceptors (Lipinski definition) is 5. The van der Waals surface area contributed by atoms with Crippen molar-refractivity contribution < 1.29 is 18.3 Å². The number of nitrogens with one attached hydrogen (secondary N) is 1. The third kappa shape index (κ3) is 2.55. The van der Waals surface area contributed by atoms with E-state index >= 15 is 0 Å². The summed E-state index contributed by atoms with van der Waals surface area (Å²) in [6.07, 6.45) is 3.50. The van der Waals surface area contributed by atoms with Crippen molar-refractivity contribution in [1.82, 2.24) is 9.71 Å². The molecule has 1 aromatic rings. The van der Waals surface area contributed by atoms with E-state index in [0.717, 1.165) is 37.0 Å². The number of carbonyl (C=O) groups is 1. The maximum atomic E-state index is 12.2. The third-order valence-electron chi connectivity index (χ3n) is 3.07. The minimum absolute atomic E-state index is 0.219. The summed E-state index contributed by atoms with van der Waals surface area (Å²) in [5.41, 5.74) is 0.349. The molecule has 1 aromatic heterocycles. The largest absolute Gasteiger partial charge is 0.476 e. The number of aromatic carboxylic acids is 1. The van der Waals surface area contributed by atoms with Crippen LogP contribution in [-0.2, 0) is 10.0 Å². The number of nitrogens with zero attached hydrogens (tertiary/aromatic N) is 1. The van der Waals surface area contributed by atoms with Gasteiger partial charge >= 0.3 is 5.97 Å². The van der Waals surface area contributed by atoms with Gasteiger partial charge < -0.3 is 5.11 Å². The Bertz CT molecular complexity index is 558. The summed E-state index contributed by atoms with van der Waals surface area (Å²) < 4.78 is 26.7. The molecule has 0 aromatic carbocycles. The first-order valence-corrected chi connectivity index (χ1v) is 7.91. The number of carboxylic acid groups (broad SMARTS) is 1. The van der Waals surface area contributed by atoms with Crippen LogP contribution in [0.25, 0.3) is 0 Å². The van der Waals surface area contributed by atoms with Gasteiger partial charge in [-0.1, -0.05) is 12.8 Å². The van der Waals surface area contributed by atoms with Gasteiger partial charge in [0.25, 0.3) is 10.0 Å². The fraction of sp³-hybridized carbons (Fsp3) is 0.600. The molecular weight excluding hydrogens is 276 g/mol. The van der Waals surface area contributed by atoms with Gasteiger partial charge in [0, 0.05) is 5.54 Å². The van der Waals surface area contributed by atoms with Gasteiger partial charge in [-0.15, -0.1) is 11.3 Å². The first-order valence-electron chi connectivity index (χ1n) is 5.55. The van der Waals surface area contributed by atoms with E-state index in [2.05, 4.69) is 9.71 Å². The second-order valence-corrected chi connectivity index (χ2v) is 7.40. The molecule has 6 nitrogen and oxygen atoms in total. The zero-order valence-corrected chi connectivity index (χ0v) is 11.5. The van der Waals surface area contributed by atoms with Crippen LogP contribution < -0.4 is 4.72 Å². The molecule has 0 saturated heterocycles. The molecule has 0 bridgehead atoms. The van der Waals surface area contributed by atoms with E-state index in [1.165, 1.54) is 5.51 Å². The fourth-order valence-electron chi connectivity index (χ4n) is 2.20. The van der Waals surface area contributed by atoms with Crippen molar-refractivity contribution in [2.45, 2.75) is 42.4 Å². The van der Waals surface area contributed by atoms with Crippen LogP contribution in [0.4, 0.5) is 0 Å². The van der Waals surface area contributed by atoms with Gasteiger partial charge in [-0.25, -0.2) is 22.9 Å². The minimum atomic E-state index is -3.81. The summed E-state index contributed by atoms with van der Waals surface area (Å²) in [6, 6.07) is 0. The summed E-state index contributed by atoms with van der Waals surface area (Å²) in [4.78, 5) is 14.5. The molecule has 0 amide bonds. The molecule has 0 unspecified atom stereocenters. The maximum absolute atomic E-state index is 12.2. The van der Waals surface area contributed by atoms with Gasteiger partial charge in [0.2, 0.25) is 0 Å². The van der Waals surface area contributed by atoms with Gasteiger partial charge in [-0.05, 0) is 19.8 Å². The van der Waals surface area contributed by atoms with Gasteiger partial charge in [0.15, 0.2) is 9.90 Å². The van der Waals surface area contributed by atoms with Crippen molar-refractivity contribution in [3.63, 3.8) is 0 Å². The second kappa shape index (κ2) is 4.60. The number of carboxylic acids is 1. The maximum Gasteiger partial charge on any atom is 0.356 e. The van der Waals surface area contributed by atoms with Crippen LogP contribution in [0.2, 0.25) is 0 Å².